The molecule has 22 heavy (non-hydrogen) atoms. The third-order valence-corrected chi connectivity index (χ3v) is 5.34. The van der Waals surface area contributed by atoms with Crippen molar-refractivity contribution in [1.29, 1.82) is 0 Å². The van der Waals surface area contributed by atoms with Crippen molar-refractivity contribution >= 4 is 33.3 Å². The van der Waals surface area contributed by atoms with Crippen molar-refractivity contribution < 1.29 is 23.2 Å². The monoisotopic (exact) mass is 397 g/mol. The molecule has 0 heterocycles. The summed E-state index contributed by atoms with van der Waals surface area (Å²) in [5.41, 5.74) is -1.52. The number of carboxylic acid groups (broad SMARTS) is 1. The van der Waals surface area contributed by atoms with Crippen LogP contribution in [-0.2, 0) is 21.7 Å². The number of rotatable bonds is 5. The van der Waals surface area contributed by atoms with E-state index < -0.39 is 45.7 Å². The lowest BCUT2D eigenvalue weighted by Crippen LogP contribution is -2.51. The van der Waals surface area contributed by atoms with Gasteiger partial charge < -0.3 is 9.66 Å². The number of hydrogen-bond acceptors (Lipinski definition) is 3. The second kappa shape index (κ2) is 6.82. The van der Waals surface area contributed by atoms with Crippen molar-refractivity contribution in [3.63, 3.8) is 0 Å². The number of halogens is 3. The minimum atomic E-state index is -1.63. The Morgan fingerprint density at radius 1 is 1.32 bits per heavy atom. The lowest BCUT2D eigenvalue weighted by Gasteiger charge is -2.34. The van der Waals surface area contributed by atoms with Crippen LogP contribution in [0.15, 0.2) is 16.6 Å². The second-order valence-electron chi connectivity index (χ2n) is 6.13. The number of carbonyl (C=O) groups is 1. The summed E-state index contributed by atoms with van der Waals surface area (Å²) in [6.45, 7) is 6.53. The van der Waals surface area contributed by atoms with Crippen LogP contribution in [0.25, 0.3) is 0 Å². The molecular formula is C14H18BrF2NO3S. The molecule has 0 radical (unpaired) electrons. The summed E-state index contributed by atoms with van der Waals surface area (Å²) in [7, 11) is 0. The molecule has 0 aromatic heterocycles. The van der Waals surface area contributed by atoms with E-state index in [1.165, 1.54) is 13.0 Å². The Morgan fingerprint density at radius 2 is 1.86 bits per heavy atom. The fourth-order valence-electron chi connectivity index (χ4n) is 1.79. The quantitative estimate of drug-likeness (QED) is 0.589. The standard InChI is InChI=1S/C14H18BrF2NO3S/c1-13(2,3)22(21)18-14(4,7-12(19)20)8-5-9(15)11(17)6-10(8)16/h5-6,18H,7H2,1-4H3,(H,19,20)/t14?,22-/m1/s1. The van der Waals surface area contributed by atoms with Crippen LogP contribution in [-0.4, -0.2) is 20.4 Å². The summed E-state index contributed by atoms with van der Waals surface area (Å²) >= 11 is 1.32. The Morgan fingerprint density at radius 3 is 2.32 bits per heavy atom. The molecule has 1 aromatic carbocycles. The molecule has 0 saturated heterocycles. The Balaban J connectivity index is 3.34. The molecule has 1 unspecified atom stereocenters. The van der Waals surface area contributed by atoms with E-state index in [0.717, 1.165) is 0 Å². The van der Waals surface area contributed by atoms with Gasteiger partial charge in [-0.2, -0.15) is 0 Å². The van der Waals surface area contributed by atoms with Gasteiger partial charge in [-0.25, -0.2) is 8.78 Å². The zero-order valence-corrected chi connectivity index (χ0v) is 15.1. The average Bonchev–Trinajstić information content (AvgIpc) is 2.31. The van der Waals surface area contributed by atoms with Crippen LogP contribution in [0.5, 0.6) is 0 Å². The van der Waals surface area contributed by atoms with Crippen LogP contribution in [0.2, 0.25) is 0 Å². The van der Waals surface area contributed by atoms with Gasteiger partial charge in [-0.3, -0.25) is 4.79 Å². The van der Waals surface area contributed by atoms with Gasteiger partial charge in [0.1, 0.15) is 16.4 Å². The summed E-state index contributed by atoms with van der Waals surface area (Å²) in [5, 5.41) is 9.09. The van der Waals surface area contributed by atoms with Crippen molar-refractivity contribution in [1.82, 2.24) is 4.72 Å². The van der Waals surface area contributed by atoms with Crippen molar-refractivity contribution in [2.45, 2.75) is 44.4 Å². The van der Waals surface area contributed by atoms with E-state index in [2.05, 4.69) is 20.7 Å². The highest BCUT2D eigenvalue weighted by Crippen LogP contribution is 2.33. The minimum absolute atomic E-state index is 0.00357. The molecule has 8 heteroatoms. The van der Waals surface area contributed by atoms with Crippen molar-refractivity contribution in [2.24, 2.45) is 0 Å². The molecule has 124 valence electrons. The molecule has 2 atom stereocenters. The van der Waals surface area contributed by atoms with Crippen LogP contribution in [0, 0.1) is 11.6 Å². The lowest BCUT2D eigenvalue weighted by atomic mass is 9.89. The van der Waals surface area contributed by atoms with E-state index >= 15 is 0 Å². The fraction of sp³-hybridized carbons (Fsp3) is 0.500. The predicted octanol–water partition coefficient (Wildman–Crippen LogP) is 3.47. The number of benzene rings is 1. The van der Waals surface area contributed by atoms with Crippen molar-refractivity contribution in [3.05, 3.63) is 33.8 Å². The van der Waals surface area contributed by atoms with Gasteiger partial charge in [0.25, 0.3) is 0 Å². The topological polar surface area (TPSA) is 72.4 Å². The summed E-state index contributed by atoms with van der Waals surface area (Å²) in [6, 6.07) is 1.83. The van der Waals surface area contributed by atoms with E-state index in [-0.39, 0.29) is 10.0 Å². The van der Waals surface area contributed by atoms with Gasteiger partial charge in [0, 0.05) is 23.0 Å². The van der Waals surface area contributed by atoms with Gasteiger partial charge in [0.05, 0.1) is 16.4 Å². The van der Waals surface area contributed by atoms with Gasteiger partial charge in [0.15, 0.2) is 0 Å². The third kappa shape index (κ3) is 4.65. The first-order valence-electron chi connectivity index (χ1n) is 6.43. The normalized spacial score (nSPS) is 16.2. The molecule has 1 rings (SSSR count). The molecule has 0 saturated carbocycles. The highest BCUT2D eigenvalue weighted by molar-refractivity contribution is 9.10. The van der Waals surface area contributed by atoms with E-state index in [9.17, 15) is 18.1 Å². The number of nitrogens with one attached hydrogen (secondary N) is 1. The van der Waals surface area contributed by atoms with Gasteiger partial charge in [-0.1, -0.05) is 0 Å². The van der Waals surface area contributed by atoms with Gasteiger partial charge in [-0.15, -0.1) is 4.72 Å². The maximum Gasteiger partial charge on any atom is 0.305 e. The molecule has 0 aliphatic rings. The Hall–Kier alpha value is -0.700. The fourth-order valence-corrected chi connectivity index (χ4v) is 3.03. The molecule has 4 nitrogen and oxygen atoms in total. The molecular weight excluding hydrogens is 380 g/mol. The summed E-state index contributed by atoms with van der Waals surface area (Å²) in [5.74, 6) is -2.89. The van der Waals surface area contributed by atoms with E-state index in [1.54, 1.807) is 20.8 Å². The Labute approximate surface area is 139 Å². The van der Waals surface area contributed by atoms with Crippen LogP contribution in [0.1, 0.15) is 39.7 Å². The van der Waals surface area contributed by atoms with E-state index in [0.29, 0.717) is 6.07 Å². The SMILES string of the molecule is CC(CC(=O)O)(N[S@+]([O-])C(C)(C)C)c1cc(Br)c(F)cc1F. The highest BCUT2D eigenvalue weighted by Gasteiger charge is 2.40. The van der Waals surface area contributed by atoms with Crippen molar-refractivity contribution in [2.75, 3.05) is 0 Å². The number of hydrogen-bond donors (Lipinski definition) is 2. The number of carboxylic acids is 1. The van der Waals surface area contributed by atoms with Crippen LogP contribution in [0.3, 0.4) is 0 Å². The zero-order chi connectivity index (χ0) is 17.3. The molecule has 1 aromatic rings. The molecule has 0 bridgehead atoms. The Kier molecular flexibility index (Phi) is 6.00. The largest absolute Gasteiger partial charge is 0.598 e. The molecule has 0 amide bonds. The molecule has 0 aliphatic heterocycles. The smallest absolute Gasteiger partial charge is 0.305 e. The average molecular weight is 398 g/mol. The van der Waals surface area contributed by atoms with Gasteiger partial charge >= 0.3 is 5.97 Å². The second-order valence-corrected chi connectivity index (χ2v) is 8.95. The molecule has 0 fully saturated rings. The first-order chi connectivity index (χ1) is 9.86. The van der Waals surface area contributed by atoms with Crippen molar-refractivity contribution in [3.8, 4) is 0 Å². The summed E-state index contributed by atoms with van der Waals surface area (Å²) in [6.07, 6.45) is -0.510. The molecule has 2 N–H and O–H groups in total. The van der Waals surface area contributed by atoms with E-state index in [1.807, 2.05) is 0 Å². The van der Waals surface area contributed by atoms with E-state index in [4.69, 9.17) is 5.11 Å². The third-order valence-electron chi connectivity index (χ3n) is 2.98. The van der Waals surface area contributed by atoms with Crippen LogP contribution >= 0.6 is 15.9 Å². The minimum Gasteiger partial charge on any atom is -0.598 e. The van der Waals surface area contributed by atoms with Crippen LogP contribution < -0.4 is 4.72 Å². The van der Waals surface area contributed by atoms with Crippen LogP contribution in [0.4, 0.5) is 8.78 Å². The highest BCUT2D eigenvalue weighted by atomic mass is 79.9. The molecule has 0 spiro atoms. The van der Waals surface area contributed by atoms with Gasteiger partial charge in [-0.05, 0) is 49.7 Å². The first kappa shape index (κ1) is 19.3. The number of aliphatic carboxylic acids is 1. The molecule has 0 aliphatic carbocycles. The maximum atomic E-state index is 14.1. The summed E-state index contributed by atoms with van der Waals surface area (Å²) in [4.78, 5) is 11.1. The zero-order valence-electron chi connectivity index (χ0n) is 12.7. The maximum absolute atomic E-state index is 14.1. The Bertz CT molecular complexity index is 580. The summed E-state index contributed by atoms with van der Waals surface area (Å²) < 4.78 is 41.8. The predicted molar refractivity (Wildman–Crippen MR) is 84.7 cm³/mol. The lowest BCUT2D eigenvalue weighted by molar-refractivity contribution is -0.138. The van der Waals surface area contributed by atoms with Gasteiger partial charge in [0.2, 0.25) is 0 Å². The first-order valence-corrected chi connectivity index (χ1v) is 8.37.